The molecule has 3 unspecified atom stereocenters. The minimum Gasteiger partial charge on any atom is -0.0925 e. The molecule has 0 aromatic rings. The molecule has 3 heteroatoms. The lowest BCUT2D eigenvalue weighted by Crippen LogP contribution is -2.29. The fourth-order valence-electron chi connectivity index (χ4n) is 1.35. The average molecular weight is 335 g/mol. The van der Waals surface area contributed by atoms with Crippen LogP contribution in [0.2, 0.25) is 0 Å². The second-order valence-corrected chi connectivity index (χ2v) is 5.69. The van der Waals surface area contributed by atoms with Crippen LogP contribution in [0, 0.1) is 5.92 Å². The monoisotopic (exact) mass is 332 g/mol. The molecule has 0 heterocycles. The highest BCUT2D eigenvalue weighted by molar-refractivity contribution is 9.12. The van der Waals surface area contributed by atoms with Crippen molar-refractivity contribution in [1.29, 1.82) is 0 Å². The Morgan fingerprint density at radius 3 is 2.40 bits per heavy atom. The van der Waals surface area contributed by atoms with Crippen LogP contribution in [0.1, 0.15) is 19.3 Å². The normalized spacial score (nSPS) is 41.7. The van der Waals surface area contributed by atoms with Gasteiger partial charge in [0.15, 0.2) is 0 Å². The standard InChI is InChI=1S/C7H11Br3/c8-4-5-2-1-3-6(9)7(5)10/h5-7H,1-4H2. The second-order valence-electron chi connectivity index (χ2n) is 2.81. The largest absolute Gasteiger partial charge is 0.0925 e. The third kappa shape index (κ3) is 2.21. The maximum atomic E-state index is 3.70. The van der Waals surface area contributed by atoms with Crippen LogP contribution in [-0.2, 0) is 0 Å². The summed E-state index contributed by atoms with van der Waals surface area (Å²) in [5, 5.41) is 1.13. The fraction of sp³-hybridized carbons (Fsp3) is 1.00. The molecule has 0 aromatic heterocycles. The van der Waals surface area contributed by atoms with Crippen molar-refractivity contribution >= 4 is 47.8 Å². The molecular weight excluding hydrogens is 324 g/mol. The van der Waals surface area contributed by atoms with Gasteiger partial charge in [-0.2, -0.15) is 0 Å². The Morgan fingerprint density at radius 2 is 1.90 bits per heavy atom. The van der Waals surface area contributed by atoms with Crippen LogP contribution in [0.4, 0.5) is 0 Å². The van der Waals surface area contributed by atoms with E-state index in [1.165, 1.54) is 19.3 Å². The van der Waals surface area contributed by atoms with Crippen LogP contribution in [0.25, 0.3) is 0 Å². The number of halogens is 3. The lowest BCUT2D eigenvalue weighted by molar-refractivity contribution is 0.423. The first-order chi connectivity index (χ1) is 4.75. The van der Waals surface area contributed by atoms with Gasteiger partial charge in [0.25, 0.3) is 0 Å². The van der Waals surface area contributed by atoms with Crippen molar-refractivity contribution in [3.63, 3.8) is 0 Å². The zero-order valence-electron chi connectivity index (χ0n) is 5.69. The first-order valence-corrected chi connectivity index (χ1v) is 6.55. The van der Waals surface area contributed by atoms with Gasteiger partial charge in [-0.25, -0.2) is 0 Å². The number of rotatable bonds is 1. The van der Waals surface area contributed by atoms with Crippen LogP contribution < -0.4 is 0 Å². The second kappa shape index (κ2) is 4.46. The van der Waals surface area contributed by atoms with E-state index in [2.05, 4.69) is 47.8 Å². The first-order valence-electron chi connectivity index (χ1n) is 3.60. The molecule has 0 aromatic carbocycles. The summed E-state index contributed by atoms with van der Waals surface area (Å²) in [6.07, 6.45) is 4.05. The maximum absolute atomic E-state index is 3.70. The molecule has 1 aliphatic carbocycles. The number of hydrogen-bond acceptors (Lipinski definition) is 0. The minimum absolute atomic E-state index is 0.667. The van der Waals surface area contributed by atoms with Gasteiger partial charge in [0.1, 0.15) is 0 Å². The van der Waals surface area contributed by atoms with Crippen LogP contribution in [0.3, 0.4) is 0 Å². The Labute approximate surface area is 87.5 Å². The highest BCUT2D eigenvalue weighted by atomic mass is 79.9. The van der Waals surface area contributed by atoms with Crippen molar-refractivity contribution in [2.75, 3.05) is 5.33 Å². The van der Waals surface area contributed by atoms with E-state index in [-0.39, 0.29) is 0 Å². The summed E-state index contributed by atoms with van der Waals surface area (Å²) in [5.41, 5.74) is 0. The Morgan fingerprint density at radius 1 is 1.20 bits per heavy atom. The van der Waals surface area contributed by atoms with Crippen molar-refractivity contribution in [3.8, 4) is 0 Å². The van der Waals surface area contributed by atoms with Gasteiger partial charge < -0.3 is 0 Å². The summed E-state index contributed by atoms with van der Waals surface area (Å²) in [6, 6.07) is 0. The molecule has 0 radical (unpaired) electrons. The highest BCUT2D eigenvalue weighted by Gasteiger charge is 2.28. The summed E-state index contributed by atoms with van der Waals surface area (Å²) >= 11 is 10.9. The predicted molar refractivity (Wildman–Crippen MR) is 56.6 cm³/mol. The minimum atomic E-state index is 0.667. The fourth-order valence-corrected chi connectivity index (χ4v) is 4.05. The molecule has 60 valence electrons. The number of alkyl halides is 3. The van der Waals surface area contributed by atoms with Gasteiger partial charge in [-0.3, -0.25) is 0 Å². The SMILES string of the molecule is BrCC1CCCC(Br)C1Br. The van der Waals surface area contributed by atoms with Gasteiger partial charge in [-0.05, 0) is 18.8 Å². The summed E-state index contributed by atoms with van der Waals surface area (Å²) in [5.74, 6) is 0.818. The summed E-state index contributed by atoms with van der Waals surface area (Å²) < 4.78 is 0. The van der Waals surface area contributed by atoms with E-state index in [0.717, 1.165) is 11.2 Å². The molecule has 0 saturated heterocycles. The summed E-state index contributed by atoms with van der Waals surface area (Å²) in [7, 11) is 0. The number of hydrogen-bond donors (Lipinski definition) is 0. The third-order valence-corrected chi connectivity index (χ3v) is 6.00. The topological polar surface area (TPSA) is 0 Å². The Kier molecular flexibility index (Phi) is 4.25. The first kappa shape index (κ1) is 9.53. The zero-order chi connectivity index (χ0) is 7.56. The molecule has 0 aliphatic heterocycles. The van der Waals surface area contributed by atoms with Crippen molar-refractivity contribution in [2.24, 2.45) is 5.92 Å². The lowest BCUT2D eigenvalue weighted by atomic mass is 9.91. The van der Waals surface area contributed by atoms with Gasteiger partial charge in [-0.15, -0.1) is 0 Å². The van der Waals surface area contributed by atoms with Crippen molar-refractivity contribution in [3.05, 3.63) is 0 Å². The molecule has 10 heavy (non-hydrogen) atoms. The molecule has 0 bridgehead atoms. The van der Waals surface area contributed by atoms with Crippen LogP contribution in [-0.4, -0.2) is 15.0 Å². The van der Waals surface area contributed by atoms with E-state index in [9.17, 15) is 0 Å². The van der Waals surface area contributed by atoms with E-state index in [0.29, 0.717) is 9.65 Å². The summed E-state index contributed by atoms with van der Waals surface area (Å²) in [4.78, 5) is 1.35. The molecule has 0 N–H and O–H groups in total. The van der Waals surface area contributed by atoms with Gasteiger partial charge in [0.2, 0.25) is 0 Å². The molecule has 1 rings (SSSR count). The van der Waals surface area contributed by atoms with E-state index in [4.69, 9.17) is 0 Å². The van der Waals surface area contributed by atoms with Gasteiger partial charge >= 0.3 is 0 Å². The van der Waals surface area contributed by atoms with Crippen LogP contribution in [0.15, 0.2) is 0 Å². The van der Waals surface area contributed by atoms with Crippen molar-refractivity contribution < 1.29 is 0 Å². The summed E-state index contributed by atoms with van der Waals surface area (Å²) in [6.45, 7) is 0. The van der Waals surface area contributed by atoms with Gasteiger partial charge in [0, 0.05) is 15.0 Å². The molecule has 1 fully saturated rings. The average Bonchev–Trinajstić information content (AvgIpc) is 1.95. The maximum Gasteiger partial charge on any atom is 0.0307 e. The van der Waals surface area contributed by atoms with E-state index < -0.39 is 0 Å². The Hall–Kier alpha value is 1.44. The molecule has 1 aliphatic rings. The third-order valence-electron chi connectivity index (χ3n) is 2.05. The van der Waals surface area contributed by atoms with Gasteiger partial charge in [0.05, 0.1) is 0 Å². The van der Waals surface area contributed by atoms with Crippen molar-refractivity contribution in [2.45, 2.75) is 28.9 Å². The molecule has 3 atom stereocenters. The lowest BCUT2D eigenvalue weighted by Gasteiger charge is -2.30. The Balaban J connectivity index is 2.42. The molecular formula is C7H11Br3. The van der Waals surface area contributed by atoms with E-state index >= 15 is 0 Å². The van der Waals surface area contributed by atoms with E-state index in [1.807, 2.05) is 0 Å². The van der Waals surface area contributed by atoms with E-state index in [1.54, 1.807) is 0 Å². The van der Waals surface area contributed by atoms with Gasteiger partial charge in [-0.1, -0.05) is 54.2 Å². The molecule has 0 amide bonds. The molecule has 0 nitrogen and oxygen atoms in total. The quantitative estimate of drug-likeness (QED) is 0.641. The van der Waals surface area contributed by atoms with Crippen LogP contribution >= 0.6 is 47.8 Å². The van der Waals surface area contributed by atoms with Crippen molar-refractivity contribution in [1.82, 2.24) is 0 Å². The predicted octanol–water partition coefficient (Wildman–Crippen LogP) is 3.71. The Bertz CT molecular complexity index is 105. The molecule has 1 saturated carbocycles. The smallest absolute Gasteiger partial charge is 0.0307 e. The molecule has 0 spiro atoms. The highest BCUT2D eigenvalue weighted by Crippen LogP contribution is 2.35. The zero-order valence-corrected chi connectivity index (χ0v) is 10.5. The van der Waals surface area contributed by atoms with Crippen LogP contribution in [0.5, 0.6) is 0 Å².